The van der Waals surface area contributed by atoms with Gasteiger partial charge in [-0.15, -0.1) is 5.10 Å². The summed E-state index contributed by atoms with van der Waals surface area (Å²) in [7, 11) is 1.70. The van der Waals surface area contributed by atoms with Crippen molar-refractivity contribution in [1.82, 2.24) is 15.0 Å². The number of benzene rings is 1. The van der Waals surface area contributed by atoms with Crippen LogP contribution < -0.4 is 0 Å². The average Bonchev–Trinajstić information content (AvgIpc) is 2.58. The van der Waals surface area contributed by atoms with Gasteiger partial charge in [-0.3, -0.25) is 4.79 Å². The summed E-state index contributed by atoms with van der Waals surface area (Å²) in [6.07, 6.45) is 0. The van der Waals surface area contributed by atoms with Crippen LogP contribution in [0.4, 0.5) is 0 Å². The fraction of sp³-hybridized carbons (Fsp3) is 0.100. The van der Waals surface area contributed by atoms with Gasteiger partial charge in [-0.2, -0.15) is 0 Å². The Hall–Kier alpha value is -0.760. The molecular weight excluding hydrogens is 385 g/mol. The third kappa shape index (κ3) is 2.03. The van der Waals surface area contributed by atoms with Crippen LogP contribution in [0.25, 0.3) is 0 Å². The van der Waals surface area contributed by atoms with E-state index in [-0.39, 0.29) is 5.78 Å². The molecule has 2 rings (SSSR count). The smallest absolute Gasteiger partial charge is 0.214 e. The predicted octanol–water partition coefficient (Wildman–Crippen LogP) is 2.41. The third-order valence-electron chi connectivity index (χ3n) is 2.12. The Morgan fingerprint density at radius 2 is 2.12 bits per heavy atom. The molecule has 0 unspecified atom stereocenters. The lowest BCUT2D eigenvalue weighted by Gasteiger charge is -2.03. The van der Waals surface area contributed by atoms with Gasteiger partial charge in [0.25, 0.3) is 0 Å². The molecule has 6 heteroatoms. The van der Waals surface area contributed by atoms with Gasteiger partial charge < -0.3 is 0 Å². The molecule has 1 aromatic heterocycles. The predicted molar refractivity (Wildman–Crippen MR) is 71.3 cm³/mol. The van der Waals surface area contributed by atoms with Crippen LogP contribution in [-0.4, -0.2) is 20.8 Å². The number of ketones is 1. The molecule has 0 atom stereocenters. The molecule has 4 nitrogen and oxygen atoms in total. The number of nitrogens with zero attached hydrogens (tertiary/aromatic N) is 3. The van der Waals surface area contributed by atoms with Gasteiger partial charge in [0.1, 0.15) is 5.69 Å². The Morgan fingerprint density at radius 1 is 1.44 bits per heavy atom. The molecule has 0 saturated heterocycles. The molecule has 0 amide bonds. The van der Waals surface area contributed by atoms with Crippen molar-refractivity contribution in [3.8, 4) is 0 Å². The summed E-state index contributed by atoms with van der Waals surface area (Å²) in [6.45, 7) is 0. The Balaban J connectivity index is 2.52. The maximum absolute atomic E-state index is 12.2. The number of halogens is 2. The summed E-state index contributed by atoms with van der Waals surface area (Å²) in [5.74, 6) is -0.0793. The van der Waals surface area contributed by atoms with E-state index in [1.807, 2.05) is 18.2 Å². The highest BCUT2D eigenvalue weighted by molar-refractivity contribution is 14.1. The lowest BCUT2D eigenvalue weighted by atomic mass is 10.1. The Kier molecular flexibility index (Phi) is 3.38. The maximum Gasteiger partial charge on any atom is 0.214 e. The summed E-state index contributed by atoms with van der Waals surface area (Å²) in [5, 5.41) is 7.59. The van der Waals surface area contributed by atoms with Crippen LogP contribution in [0.3, 0.4) is 0 Å². The van der Waals surface area contributed by atoms with E-state index in [4.69, 9.17) is 0 Å². The minimum Gasteiger partial charge on any atom is -0.287 e. The molecule has 1 aromatic carbocycles. The molecule has 0 spiro atoms. The van der Waals surface area contributed by atoms with Gasteiger partial charge in [0.2, 0.25) is 5.78 Å². The topological polar surface area (TPSA) is 47.8 Å². The van der Waals surface area contributed by atoms with E-state index in [0.29, 0.717) is 15.9 Å². The molecule has 0 saturated carbocycles. The quantitative estimate of drug-likeness (QED) is 0.583. The van der Waals surface area contributed by atoms with Crippen molar-refractivity contribution in [2.75, 3.05) is 0 Å². The number of aryl methyl sites for hydroxylation is 1. The van der Waals surface area contributed by atoms with Crippen LogP contribution in [0, 0.1) is 3.57 Å². The highest BCUT2D eigenvalue weighted by Crippen LogP contribution is 2.20. The van der Waals surface area contributed by atoms with E-state index in [1.165, 1.54) is 4.68 Å². The van der Waals surface area contributed by atoms with Crippen molar-refractivity contribution in [2.45, 2.75) is 0 Å². The molecule has 0 bridgehead atoms. The molecule has 0 aliphatic carbocycles. The highest BCUT2D eigenvalue weighted by atomic mass is 127. The van der Waals surface area contributed by atoms with Crippen molar-refractivity contribution in [3.05, 3.63) is 43.7 Å². The lowest BCUT2D eigenvalue weighted by Crippen LogP contribution is -2.10. The fourth-order valence-electron chi connectivity index (χ4n) is 1.35. The van der Waals surface area contributed by atoms with Gasteiger partial charge >= 0.3 is 0 Å². The lowest BCUT2D eigenvalue weighted by molar-refractivity contribution is 0.102. The first-order valence-corrected chi connectivity index (χ1v) is 6.33. The van der Waals surface area contributed by atoms with Gasteiger partial charge in [-0.1, -0.05) is 17.3 Å². The molecule has 82 valence electrons. The summed E-state index contributed by atoms with van der Waals surface area (Å²) in [4.78, 5) is 12.2. The van der Waals surface area contributed by atoms with Gasteiger partial charge in [-0.05, 0) is 50.7 Å². The molecular formula is C10H7BrIN3O. The van der Waals surface area contributed by atoms with Crippen molar-refractivity contribution >= 4 is 44.3 Å². The SMILES string of the molecule is Cn1nnc(Br)c1C(=O)c1ccccc1I. The minimum absolute atomic E-state index is 0.0793. The van der Waals surface area contributed by atoms with Gasteiger partial charge in [0.05, 0.1) is 0 Å². The Bertz CT molecular complexity index is 533. The molecule has 0 N–H and O–H groups in total. The van der Waals surface area contributed by atoms with Crippen molar-refractivity contribution in [1.29, 1.82) is 0 Å². The second-order valence-corrected chi connectivity index (χ2v) is 5.07. The zero-order valence-electron chi connectivity index (χ0n) is 8.32. The van der Waals surface area contributed by atoms with E-state index in [2.05, 4.69) is 48.8 Å². The minimum atomic E-state index is -0.0793. The van der Waals surface area contributed by atoms with Crippen LogP contribution in [0.5, 0.6) is 0 Å². The monoisotopic (exact) mass is 391 g/mol. The van der Waals surface area contributed by atoms with Gasteiger partial charge in [0.15, 0.2) is 4.60 Å². The number of hydrogen-bond acceptors (Lipinski definition) is 3. The maximum atomic E-state index is 12.2. The molecule has 1 heterocycles. The molecule has 0 radical (unpaired) electrons. The molecule has 0 aliphatic heterocycles. The van der Waals surface area contributed by atoms with Crippen molar-refractivity contribution in [2.24, 2.45) is 7.05 Å². The van der Waals surface area contributed by atoms with E-state index in [1.54, 1.807) is 13.1 Å². The number of rotatable bonds is 2. The van der Waals surface area contributed by atoms with E-state index < -0.39 is 0 Å². The van der Waals surface area contributed by atoms with Crippen molar-refractivity contribution < 1.29 is 4.79 Å². The van der Waals surface area contributed by atoms with E-state index in [0.717, 1.165) is 3.57 Å². The van der Waals surface area contributed by atoms with Crippen LogP contribution in [0.15, 0.2) is 28.9 Å². The first-order valence-electron chi connectivity index (χ1n) is 4.45. The zero-order chi connectivity index (χ0) is 11.7. The summed E-state index contributed by atoms with van der Waals surface area (Å²) < 4.78 is 2.85. The average molecular weight is 392 g/mol. The molecule has 2 aromatic rings. The van der Waals surface area contributed by atoms with Crippen LogP contribution >= 0.6 is 38.5 Å². The summed E-state index contributed by atoms with van der Waals surface area (Å²) in [6, 6.07) is 7.43. The number of carbonyl (C=O) groups excluding carboxylic acids is 1. The fourth-order valence-corrected chi connectivity index (χ4v) is 2.49. The van der Waals surface area contributed by atoms with E-state index in [9.17, 15) is 4.79 Å². The van der Waals surface area contributed by atoms with Gasteiger partial charge in [-0.25, -0.2) is 4.68 Å². The normalized spacial score (nSPS) is 10.4. The van der Waals surface area contributed by atoms with E-state index >= 15 is 0 Å². The number of hydrogen-bond donors (Lipinski definition) is 0. The van der Waals surface area contributed by atoms with Gasteiger partial charge in [0, 0.05) is 16.2 Å². The summed E-state index contributed by atoms with van der Waals surface area (Å²) in [5.41, 5.74) is 1.12. The largest absolute Gasteiger partial charge is 0.287 e. The zero-order valence-corrected chi connectivity index (χ0v) is 12.1. The van der Waals surface area contributed by atoms with Crippen LogP contribution in [0.1, 0.15) is 16.1 Å². The second kappa shape index (κ2) is 4.62. The number of aromatic nitrogens is 3. The first kappa shape index (κ1) is 11.7. The standard InChI is InChI=1S/C10H7BrIN3O/c1-15-8(10(11)13-14-15)9(16)6-4-2-3-5-7(6)12/h2-5H,1H3. The summed E-state index contributed by atoms with van der Waals surface area (Å²) >= 11 is 5.36. The Morgan fingerprint density at radius 3 is 2.69 bits per heavy atom. The third-order valence-corrected chi connectivity index (χ3v) is 3.59. The molecule has 0 fully saturated rings. The Labute approximate surface area is 114 Å². The van der Waals surface area contributed by atoms with Crippen molar-refractivity contribution in [3.63, 3.8) is 0 Å². The second-order valence-electron chi connectivity index (χ2n) is 3.16. The van der Waals surface area contributed by atoms with Crippen LogP contribution in [0.2, 0.25) is 0 Å². The number of carbonyl (C=O) groups is 1. The van der Waals surface area contributed by atoms with Crippen LogP contribution in [-0.2, 0) is 7.05 Å². The first-order chi connectivity index (χ1) is 7.61. The molecule has 16 heavy (non-hydrogen) atoms. The highest BCUT2D eigenvalue weighted by Gasteiger charge is 2.20. The molecule has 0 aliphatic rings.